The minimum absolute atomic E-state index is 0.399. The molecule has 0 aliphatic carbocycles. The Bertz CT molecular complexity index is 1290. The summed E-state index contributed by atoms with van der Waals surface area (Å²) in [5.41, 5.74) is 0.627. The molecule has 0 spiro atoms. The highest BCUT2D eigenvalue weighted by Crippen LogP contribution is 2.53. The number of carbonyl (C=O) groups excluding carboxylic acids is 1. The Labute approximate surface area is 202 Å². The Hall–Kier alpha value is -2.90. The van der Waals surface area contributed by atoms with Gasteiger partial charge in [-0.15, -0.1) is 0 Å². The second-order valence-electron chi connectivity index (χ2n) is 7.00. The highest BCUT2D eigenvalue weighted by Gasteiger charge is 2.31. The highest BCUT2D eigenvalue weighted by atomic mass is 32.5. The molecule has 1 unspecified atom stereocenters. The number of ether oxygens (including phenoxy) is 1. The van der Waals surface area contributed by atoms with Crippen LogP contribution in [0.2, 0.25) is 0 Å². The molecule has 3 aromatic carbocycles. The van der Waals surface area contributed by atoms with Crippen LogP contribution in [0.15, 0.2) is 97.2 Å². The largest absolute Gasteiger partial charge is 0.448 e. The van der Waals surface area contributed by atoms with Crippen LogP contribution in [0.5, 0.6) is 11.5 Å². The van der Waals surface area contributed by atoms with Gasteiger partial charge in [-0.25, -0.2) is 9.10 Å². The van der Waals surface area contributed by atoms with Crippen LogP contribution in [-0.2, 0) is 11.8 Å². The Morgan fingerprint density at radius 2 is 1.58 bits per heavy atom. The smallest absolute Gasteiger partial charge is 0.426 e. The van der Waals surface area contributed by atoms with E-state index in [-0.39, 0.29) is 0 Å². The first-order valence-electron chi connectivity index (χ1n) is 10.1. The average Bonchev–Trinajstić information content (AvgIpc) is 2.85. The molecule has 0 bridgehead atoms. The summed E-state index contributed by atoms with van der Waals surface area (Å²) < 4.78 is 15.2. The van der Waals surface area contributed by atoms with Crippen molar-refractivity contribution in [3.8, 4) is 11.5 Å². The third-order valence-corrected chi connectivity index (χ3v) is 10.3. The summed E-state index contributed by atoms with van der Waals surface area (Å²) >= 11 is 7.22. The third kappa shape index (κ3) is 5.37. The molecule has 0 saturated heterocycles. The van der Waals surface area contributed by atoms with Gasteiger partial charge in [0.2, 0.25) is 6.42 Å². The fourth-order valence-electron chi connectivity index (χ4n) is 3.09. The number of benzene rings is 3. The van der Waals surface area contributed by atoms with Crippen molar-refractivity contribution in [1.29, 1.82) is 0 Å². The predicted octanol–water partition coefficient (Wildman–Crippen LogP) is 5.87. The average molecular weight is 496 g/mol. The zero-order chi connectivity index (χ0) is 23.3. The molecule has 1 aromatic heterocycles. The lowest BCUT2D eigenvalue weighted by molar-refractivity contribution is 0.187. The van der Waals surface area contributed by atoms with E-state index in [1.807, 2.05) is 96.1 Å². The standard InChI is InChI=1S/C24H22N3O3PS2/c1-26(24(28)29-22-17-9-11-19-12-10-18-25-23(19)22)33-27(2)31(32,21-15-7-4-8-16-21)30-20-13-5-3-6-14-20/h3-18H,1-2H3. The fourth-order valence-corrected chi connectivity index (χ4v) is 7.04. The monoisotopic (exact) mass is 495 g/mol. The lowest BCUT2D eigenvalue weighted by Crippen LogP contribution is -2.30. The van der Waals surface area contributed by atoms with E-state index < -0.39 is 12.5 Å². The minimum atomic E-state index is -2.73. The quantitative estimate of drug-likeness (QED) is 0.235. The van der Waals surface area contributed by atoms with Gasteiger partial charge in [0, 0.05) is 31.0 Å². The van der Waals surface area contributed by atoms with Gasteiger partial charge in [-0.1, -0.05) is 54.6 Å². The van der Waals surface area contributed by atoms with Crippen molar-refractivity contribution in [3.05, 3.63) is 97.2 Å². The molecule has 4 aromatic rings. The van der Waals surface area contributed by atoms with Gasteiger partial charge >= 0.3 is 6.09 Å². The van der Waals surface area contributed by atoms with Gasteiger partial charge in [-0.3, -0.25) is 4.98 Å². The summed E-state index contributed by atoms with van der Waals surface area (Å²) in [4.78, 5) is 17.2. The van der Waals surface area contributed by atoms with Gasteiger partial charge in [0.15, 0.2) is 5.75 Å². The summed E-state index contributed by atoms with van der Waals surface area (Å²) in [6.45, 7) is 0. The topological polar surface area (TPSA) is 54.9 Å². The highest BCUT2D eigenvalue weighted by molar-refractivity contribution is 8.19. The summed E-state index contributed by atoms with van der Waals surface area (Å²) in [5.74, 6) is 1.07. The molecule has 1 atom stereocenters. The lowest BCUT2D eigenvalue weighted by Gasteiger charge is -2.32. The van der Waals surface area contributed by atoms with Crippen LogP contribution in [0.4, 0.5) is 4.79 Å². The maximum absolute atomic E-state index is 12.9. The molecule has 9 heteroatoms. The van der Waals surface area contributed by atoms with E-state index in [1.54, 1.807) is 19.3 Å². The second-order valence-corrected chi connectivity index (χ2v) is 12.4. The molecule has 1 heterocycles. The van der Waals surface area contributed by atoms with E-state index in [9.17, 15) is 4.79 Å². The number of amides is 1. The molecule has 168 valence electrons. The van der Waals surface area contributed by atoms with Crippen LogP contribution in [-0.4, -0.2) is 33.6 Å². The maximum Gasteiger partial charge on any atom is 0.426 e. The molecule has 0 saturated carbocycles. The summed E-state index contributed by atoms with van der Waals surface area (Å²) in [6.07, 6.45) is -1.60. The second kappa shape index (κ2) is 10.4. The molecule has 0 N–H and O–H groups in total. The van der Waals surface area contributed by atoms with Gasteiger partial charge in [-0.2, -0.15) is 4.08 Å². The minimum Gasteiger partial charge on any atom is -0.448 e. The zero-order valence-corrected chi connectivity index (χ0v) is 20.6. The first-order valence-corrected chi connectivity index (χ1v) is 13.5. The Morgan fingerprint density at radius 1 is 0.909 bits per heavy atom. The van der Waals surface area contributed by atoms with Crippen LogP contribution < -0.4 is 14.6 Å². The Balaban J connectivity index is 1.54. The van der Waals surface area contributed by atoms with Crippen molar-refractivity contribution < 1.29 is 14.1 Å². The molecule has 6 nitrogen and oxygen atoms in total. The SMILES string of the molecule is CN(SN(C)P(=S)(Oc1ccccc1)c1ccccc1)C(=O)Oc1cccc2cccnc12. The van der Waals surface area contributed by atoms with Crippen LogP contribution in [0.3, 0.4) is 0 Å². The summed E-state index contributed by atoms with van der Waals surface area (Å²) in [5, 5.41) is 1.77. The number of rotatable bonds is 7. The number of carbonyl (C=O) groups is 1. The molecular formula is C24H22N3O3PS2. The molecule has 4 rings (SSSR count). The van der Waals surface area contributed by atoms with Gasteiger partial charge in [-0.05, 0) is 48.2 Å². The van der Waals surface area contributed by atoms with Crippen molar-refractivity contribution in [2.24, 2.45) is 0 Å². The van der Waals surface area contributed by atoms with Gasteiger partial charge in [0.25, 0.3) is 0 Å². The van der Waals surface area contributed by atoms with Crippen molar-refractivity contribution in [2.45, 2.75) is 0 Å². The number of hydrogen-bond acceptors (Lipinski definition) is 6. The number of pyridine rings is 1. The van der Waals surface area contributed by atoms with Crippen molar-refractivity contribution in [1.82, 2.24) is 13.4 Å². The molecular weight excluding hydrogens is 473 g/mol. The number of fused-ring (bicyclic) bond motifs is 1. The normalized spacial score (nSPS) is 12.8. The van der Waals surface area contributed by atoms with Crippen molar-refractivity contribution >= 4 is 52.7 Å². The molecule has 33 heavy (non-hydrogen) atoms. The first kappa shape index (κ1) is 23.3. The number of para-hydroxylation sites is 2. The number of nitrogens with zero attached hydrogens (tertiary/aromatic N) is 3. The summed E-state index contributed by atoms with van der Waals surface area (Å²) in [7, 11) is 3.46. The Morgan fingerprint density at radius 3 is 2.30 bits per heavy atom. The lowest BCUT2D eigenvalue weighted by atomic mass is 10.2. The molecule has 1 amide bonds. The molecule has 0 aliphatic rings. The van der Waals surface area contributed by atoms with Crippen molar-refractivity contribution in [3.63, 3.8) is 0 Å². The Kier molecular flexibility index (Phi) is 7.30. The summed E-state index contributed by atoms with van der Waals surface area (Å²) in [6, 6.07) is 28.4. The maximum atomic E-state index is 12.9. The van der Waals surface area contributed by atoms with E-state index in [2.05, 4.69) is 4.98 Å². The van der Waals surface area contributed by atoms with Gasteiger partial charge < -0.3 is 9.26 Å². The van der Waals surface area contributed by atoms with Gasteiger partial charge in [0.05, 0.1) is 12.1 Å². The third-order valence-electron chi connectivity index (χ3n) is 4.72. The molecule has 0 fully saturated rings. The van der Waals surface area contributed by atoms with E-state index >= 15 is 0 Å². The molecule has 0 radical (unpaired) electrons. The van der Waals surface area contributed by atoms with Crippen LogP contribution in [0.25, 0.3) is 10.9 Å². The van der Waals surface area contributed by atoms with E-state index in [0.717, 1.165) is 22.8 Å². The van der Waals surface area contributed by atoms with Crippen LogP contribution in [0.1, 0.15) is 0 Å². The van der Waals surface area contributed by atoms with E-state index in [1.165, 1.54) is 4.31 Å². The fraction of sp³-hybridized carbons (Fsp3) is 0.0833. The predicted molar refractivity (Wildman–Crippen MR) is 138 cm³/mol. The first-order chi connectivity index (χ1) is 16.0. The van der Waals surface area contributed by atoms with E-state index in [0.29, 0.717) is 17.0 Å². The van der Waals surface area contributed by atoms with Crippen molar-refractivity contribution in [2.75, 3.05) is 14.1 Å². The van der Waals surface area contributed by atoms with Gasteiger partial charge in [0.1, 0.15) is 11.3 Å². The van der Waals surface area contributed by atoms with Crippen LogP contribution in [0, 0.1) is 0 Å². The van der Waals surface area contributed by atoms with Crippen LogP contribution >= 0.6 is 18.5 Å². The zero-order valence-electron chi connectivity index (χ0n) is 18.1. The molecule has 0 aliphatic heterocycles. The number of aromatic nitrogens is 1. The van der Waals surface area contributed by atoms with E-state index in [4.69, 9.17) is 21.1 Å². The number of hydrogen-bond donors (Lipinski definition) is 0.